The summed E-state index contributed by atoms with van der Waals surface area (Å²) in [4.78, 5) is 0. The van der Waals surface area contributed by atoms with Crippen molar-refractivity contribution in [1.29, 1.82) is 0 Å². The highest BCUT2D eigenvalue weighted by Crippen LogP contribution is 2.34. The van der Waals surface area contributed by atoms with Gasteiger partial charge in [-0.15, -0.1) is 0 Å². The van der Waals surface area contributed by atoms with Crippen LogP contribution in [0.5, 0.6) is 0 Å². The summed E-state index contributed by atoms with van der Waals surface area (Å²) in [6.45, 7) is 12.0. The quantitative estimate of drug-likeness (QED) is 0.823. The average molecular weight is 266 g/mol. The van der Waals surface area contributed by atoms with E-state index in [-0.39, 0.29) is 0 Å². The first-order valence-electron chi connectivity index (χ1n) is 8.53. The normalized spacial score (nSPS) is 41.7. The van der Waals surface area contributed by atoms with Gasteiger partial charge in [0.25, 0.3) is 0 Å². The Hall–Kier alpha value is -0.0800. The number of nitrogens with one attached hydrogen (secondary N) is 1. The van der Waals surface area contributed by atoms with Crippen molar-refractivity contribution in [2.45, 2.75) is 91.3 Å². The molecule has 0 aromatic rings. The summed E-state index contributed by atoms with van der Waals surface area (Å²) in [5.74, 6) is 2.56. The van der Waals surface area contributed by atoms with E-state index in [1.54, 1.807) is 0 Å². The third-order valence-corrected chi connectivity index (χ3v) is 5.53. The molecule has 0 spiro atoms. The molecule has 0 radical (unpaired) electrons. The third kappa shape index (κ3) is 3.72. The Balaban J connectivity index is 2.01. The molecule has 2 aliphatic rings. The smallest absolute Gasteiger partial charge is 0.0248 e. The fraction of sp³-hybridized carbons (Fsp3) is 1.00. The molecule has 0 aromatic heterocycles. The predicted octanol–water partition coefficient (Wildman–Crippen LogP) is 4.21. The van der Waals surface area contributed by atoms with E-state index in [4.69, 9.17) is 0 Å². The van der Waals surface area contributed by atoms with Gasteiger partial charge in [-0.05, 0) is 57.3 Å². The van der Waals surface area contributed by atoms with Crippen molar-refractivity contribution in [3.63, 3.8) is 0 Å². The maximum atomic E-state index is 3.95. The second kappa shape index (κ2) is 6.58. The van der Waals surface area contributed by atoms with Crippen LogP contribution in [0.25, 0.3) is 0 Å². The van der Waals surface area contributed by atoms with Crippen LogP contribution < -0.4 is 5.43 Å². The zero-order valence-electron chi connectivity index (χ0n) is 13.7. The Bertz CT molecular complexity index is 266. The summed E-state index contributed by atoms with van der Waals surface area (Å²) in [6.07, 6.45) is 8.30. The van der Waals surface area contributed by atoms with Gasteiger partial charge in [-0.2, -0.15) is 0 Å². The summed E-state index contributed by atoms with van der Waals surface area (Å²) in [6, 6.07) is 2.11. The first-order valence-corrected chi connectivity index (χ1v) is 8.53. The van der Waals surface area contributed by atoms with Crippen molar-refractivity contribution >= 4 is 0 Å². The Morgan fingerprint density at radius 2 is 1.58 bits per heavy atom. The molecule has 112 valence electrons. The lowest BCUT2D eigenvalue weighted by atomic mass is 9.74. The fourth-order valence-corrected chi connectivity index (χ4v) is 4.22. The van der Waals surface area contributed by atoms with Gasteiger partial charge in [0.05, 0.1) is 0 Å². The van der Waals surface area contributed by atoms with Crippen LogP contribution >= 0.6 is 0 Å². The molecule has 1 N–H and O–H groups in total. The van der Waals surface area contributed by atoms with Crippen LogP contribution in [0.3, 0.4) is 0 Å². The van der Waals surface area contributed by atoms with Gasteiger partial charge in [-0.25, -0.2) is 5.01 Å². The van der Waals surface area contributed by atoms with Gasteiger partial charge in [-0.3, -0.25) is 5.43 Å². The molecule has 2 heteroatoms. The lowest BCUT2D eigenvalue weighted by Gasteiger charge is -2.46. The van der Waals surface area contributed by atoms with Crippen LogP contribution in [-0.4, -0.2) is 23.1 Å². The Morgan fingerprint density at radius 1 is 0.947 bits per heavy atom. The van der Waals surface area contributed by atoms with Crippen LogP contribution in [0.15, 0.2) is 0 Å². The van der Waals surface area contributed by atoms with Crippen molar-refractivity contribution in [1.82, 2.24) is 10.4 Å². The number of nitrogens with zero attached hydrogens (tertiary/aromatic N) is 1. The summed E-state index contributed by atoms with van der Waals surface area (Å²) in [5.41, 5.74) is 3.95. The largest absolute Gasteiger partial charge is 0.251 e. The monoisotopic (exact) mass is 266 g/mol. The second-order valence-electron chi connectivity index (χ2n) is 7.60. The summed E-state index contributed by atoms with van der Waals surface area (Å²) < 4.78 is 0. The fourth-order valence-electron chi connectivity index (χ4n) is 4.22. The van der Waals surface area contributed by atoms with Gasteiger partial charge in [0, 0.05) is 18.1 Å². The van der Waals surface area contributed by atoms with E-state index in [9.17, 15) is 0 Å². The molecule has 0 amide bonds. The molecule has 2 rings (SSSR count). The molecule has 2 fully saturated rings. The molecule has 19 heavy (non-hydrogen) atoms. The van der Waals surface area contributed by atoms with Gasteiger partial charge in [0.2, 0.25) is 0 Å². The SMILES string of the molecule is CC1CCC(C(C)C)C(NN2C(C)CCCC2C)C1. The maximum Gasteiger partial charge on any atom is 0.0248 e. The van der Waals surface area contributed by atoms with Crippen LogP contribution in [-0.2, 0) is 0 Å². The van der Waals surface area contributed by atoms with Crippen LogP contribution in [0.4, 0.5) is 0 Å². The molecule has 2 nitrogen and oxygen atoms in total. The van der Waals surface area contributed by atoms with Crippen molar-refractivity contribution in [2.75, 3.05) is 0 Å². The molecular weight excluding hydrogens is 232 g/mol. The first-order chi connectivity index (χ1) is 8.99. The van der Waals surface area contributed by atoms with E-state index >= 15 is 0 Å². The van der Waals surface area contributed by atoms with Crippen LogP contribution in [0.2, 0.25) is 0 Å². The maximum absolute atomic E-state index is 3.95. The Kier molecular flexibility index (Phi) is 5.30. The third-order valence-electron chi connectivity index (χ3n) is 5.53. The number of piperidine rings is 1. The molecule has 1 aliphatic carbocycles. The molecular formula is C17H34N2. The highest BCUT2D eigenvalue weighted by molar-refractivity contribution is 4.87. The molecule has 5 atom stereocenters. The number of hydrazine groups is 1. The molecule has 1 saturated heterocycles. The molecule has 1 heterocycles. The van der Waals surface area contributed by atoms with Gasteiger partial charge >= 0.3 is 0 Å². The Labute approximate surface area is 120 Å². The summed E-state index contributed by atoms with van der Waals surface area (Å²) >= 11 is 0. The van der Waals surface area contributed by atoms with E-state index in [1.807, 2.05) is 0 Å². The standard InChI is InChI=1S/C17H34N2/c1-12(2)16-10-9-13(3)11-17(16)18-19-14(4)7-6-8-15(19)5/h12-18H,6-11H2,1-5H3. The highest BCUT2D eigenvalue weighted by atomic mass is 15.5. The van der Waals surface area contributed by atoms with Gasteiger partial charge in [-0.1, -0.05) is 33.6 Å². The van der Waals surface area contributed by atoms with Crippen molar-refractivity contribution in [3.8, 4) is 0 Å². The predicted molar refractivity (Wildman–Crippen MR) is 82.9 cm³/mol. The molecule has 1 aliphatic heterocycles. The topological polar surface area (TPSA) is 15.3 Å². The number of hydrogen-bond acceptors (Lipinski definition) is 2. The van der Waals surface area contributed by atoms with Gasteiger partial charge < -0.3 is 0 Å². The number of rotatable bonds is 3. The van der Waals surface area contributed by atoms with E-state index in [0.717, 1.165) is 17.8 Å². The minimum absolute atomic E-state index is 0.701. The average Bonchev–Trinajstić information content (AvgIpc) is 2.33. The molecule has 0 aromatic carbocycles. The Morgan fingerprint density at radius 3 is 2.16 bits per heavy atom. The summed E-state index contributed by atoms with van der Waals surface area (Å²) in [5, 5.41) is 2.58. The lowest BCUT2D eigenvalue weighted by molar-refractivity contribution is -0.00197. The van der Waals surface area contributed by atoms with E-state index < -0.39 is 0 Å². The van der Waals surface area contributed by atoms with Gasteiger partial charge in [0.15, 0.2) is 0 Å². The minimum atomic E-state index is 0.701. The van der Waals surface area contributed by atoms with E-state index in [0.29, 0.717) is 18.1 Å². The van der Waals surface area contributed by atoms with E-state index in [1.165, 1.54) is 38.5 Å². The minimum Gasteiger partial charge on any atom is -0.251 e. The van der Waals surface area contributed by atoms with Crippen LogP contribution in [0.1, 0.15) is 73.1 Å². The zero-order chi connectivity index (χ0) is 14.0. The zero-order valence-corrected chi connectivity index (χ0v) is 13.7. The van der Waals surface area contributed by atoms with Crippen molar-refractivity contribution in [2.24, 2.45) is 17.8 Å². The molecule has 1 saturated carbocycles. The molecule has 0 bridgehead atoms. The lowest BCUT2D eigenvalue weighted by Crippen LogP contribution is -2.58. The number of hydrogen-bond donors (Lipinski definition) is 1. The first kappa shape index (κ1) is 15.3. The highest BCUT2D eigenvalue weighted by Gasteiger charge is 2.34. The van der Waals surface area contributed by atoms with Gasteiger partial charge in [0.1, 0.15) is 0 Å². The van der Waals surface area contributed by atoms with E-state index in [2.05, 4.69) is 45.1 Å². The van der Waals surface area contributed by atoms with Crippen molar-refractivity contribution < 1.29 is 0 Å². The van der Waals surface area contributed by atoms with Crippen molar-refractivity contribution in [3.05, 3.63) is 0 Å². The summed E-state index contributed by atoms with van der Waals surface area (Å²) in [7, 11) is 0. The van der Waals surface area contributed by atoms with Crippen LogP contribution in [0, 0.1) is 17.8 Å². The molecule has 5 unspecified atom stereocenters. The second-order valence-corrected chi connectivity index (χ2v) is 7.60.